The Balaban J connectivity index is 2.63. The molecule has 8 heteroatoms. The van der Waals surface area contributed by atoms with Gasteiger partial charge >= 0.3 is 0 Å². The van der Waals surface area contributed by atoms with E-state index in [1.165, 1.54) is 17.6 Å². The third kappa shape index (κ3) is 4.39. The van der Waals surface area contributed by atoms with Crippen molar-refractivity contribution in [1.82, 2.24) is 10.3 Å². The minimum Gasteiger partial charge on any atom is -0.354 e. The molecule has 0 unspecified atom stereocenters. The average molecular weight is 322 g/mol. The summed E-state index contributed by atoms with van der Waals surface area (Å²) in [4.78, 5) is 15.6. The Hall–Kier alpha value is -0.730. The van der Waals surface area contributed by atoms with Crippen molar-refractivity contribution < 1.29 is 13.2 Å². The van der Waals surface area contributed by atoms with Crippen molar-refractivity contribution in [3.8, 4) is 0 Å². The molecule has 0 aliphatic rings. The number of carbonyl (C=O) groups is 1. The van der Waals surface area contributed by atoms with Crippen LogP contribution in [-0.4, -0.2) is 36.9 Å². The Labute approximate surface area is 122 Å². The Morgan fingerprint density at radius 2 is 2.05 bits per heavy atom. The van der Waals surface area contributed by atoms with Crippen LogP contribution < -0.4 is 5.32 Å². The van der Waals surface area contributed by atoms with Crippen molar-refractivity contribution in [2.24, 2.45) is 0 Å². The summed E-state index contributed by atoms with van der Waals surface area (Å²) < 4.78 is 22.7. The molecule has 1 rings (SSSR count). The Morgan fingerprint density at radius 3 is 2.47 bits per heavy atom. The van der Waals surface area contributed by atoms with Crippen molar-refractivity contribution in [2.75, 3.05) is 12.8 Å². The maximum atomic E-state index is 11.8. The summed E-state index contributed by atoms with van der Waals surface area (Å²) in [7, 11) is -3.21. The van der Waals surface area contributed by atoms with Gasteiger partial charge < -0.3 is 10.3 Å². The first-order valence-electron chi connectivity index (χ1n) is 5.68. The number of amides is 1. The molecule has 0 aromatic carbocycles. The summed E-state index contributed by atoms with van der Waals surface area (Å²) in [6.07, 6.45) is 1.38. The van der Waals surface area contributed by atoms with Crippen molar-refractivity contribution in [2.45, 2.75) is 31.9 Å². The second-order valence-corrected chi connectivity index (χ2v) is 9.47. The van der Waals surface area contributed by atoms with Crippen LogP contribution in [0.25, 0.3) is 0 Å². The molecule has 1 amide bonds. The number of nitrogens with one attached hydrogen (secondary N) is 2. The quantitative estimate of drug-likeness (QED) is 0.807. The van der Waals surface area contributed by atoms with Gasteiger partial charge in [-0.15, -0.1) is 11.3 Å². The number of aromatic nitrogens is 1. The van der Waals surface area contributed by atoms with Gasteiger partial charge in [-0.1, -0.05) is 0 Å². The van der Waals surface area contributed by atoms with Crippen LogP contribution in [-0.2, 0) is 21.1 Å². The van der Waals surface area contributed by atoms with Gasteiger partial charge in [-0.25, -0.2) is 8.42 Å². The van der Waals surface area contributed by atoms with Crippen LogP contribution >= 0.6 is 23.6 Å². The highest BCUT2D eigenvalue weighted by atomic mass is 32.2. The number of thiazole rings is 1. The predicted molar refractivity (Wildman–Crippen MR) is 79.9 cm³/mol. The first-order chi connectivity index (χ1) is 8.53. The van der Waals surface area contributed by atoms with Gasteiger partial charge in [-0.2, -0.15) is 0 Å². The van der Waals surface area contributed by atoms with E-state index in [0.717, 1.165) is 10.6 Å². The summed E-state index contributed by atoms with van der Waals surface area (Å²) in [5, 5.41) is 2.66. The maximum absolute atomic E-state index is 11.8. The smallest absolute Gasteiger partial charge is 0.225 e. The van der Waals surface area contributed by atoms with Crippen molar-refractivity contribution in [3.63, 3.8) is 0 Å². The Kier molecular flexibility index (Phi) is 4.91. The number of rotatable bonds is 5. The SMILES string of the molecule is Cc1[nH]c(=S)sc1CC(=O)NCC(C)(C)S(C)(=O)=O. The molecule has 1 aromatic heterocycles. The van der Waals surface area contributed by atoms with Crippen LogP contribution in [0.5, 0.6) is 0 Å². The molecule has 0 aliphatic carbocycles. The largest absolute Gasteiger partial charge is 0.354 e. The van der Waals surface area contributed by atoms with Crippen LogP contribution in [0, 0.1) is 10.9 Å². The predicted octanol–water partition coefficient (Wildman–Crippen LogP) is 1.60. The summed E-state index contributed by atoms with van der Waals surface area (Å²) in [5.41, 5.74) is 0.882. The van der Waals surface area contributed by atoms with Gasteiger partial charge in [-0.05, 0) is 33.0 Å². The molecule has 0 saturated heterocycles. The standard InChI is InChI=1S/C11H18N2O3S3/c1-7-8(18-10(17)13-7)5-9(14)12-6-11(2,3)19(4,15)16/h5-6H2,1-4H3,(H,12,14)(H,13,17). The molecular weight excluding hydrogens is 304 g/mol. The van der Waals surface area contributed by atoms with E-state index >= 15 is 0 Å². The fourth-order valence-electron chi connectivity index (χ4n) is 1.26. The van der Waals surface area contributed by atoms with Crippen molar-refractivity contribution >= 4 is 39.3 Å². The molecule has 1 aromatic rings. The lowest BCUT2D eigenvalue weighted by atomic mass is 10.2. The van der Waals surface area contributed by atoms with Gasteiger partial charge in [0, 0.05) is 23.4 Å². The number of aryl methyl sites for hydroxylation is 1. The lowest BCUT2D eigenvalue weighted by molar-refractivity contribution is -0.120. The van der Waals surface area contributed by atoms with Gasteiger partial charge in [0.15, 0.2) is 13.8 Å². The Morgan fingerprint density at radius 1 is 1.47 bits per heavy atom. The highest BCUT2D eigenvalue weighted by molar-refractivity contribution is 7.92. The van der Waals surface area contributed by atoms with E-state index in [2.05, 4.69) is 10.3 Å². The molecular formula is C11H18N2O3S3. The molecule has 0 bridgehead atoms. The third-order valence-corrected chi connectivity index (χ3v) is 6.45. The lowest BCUT2D eigenvalue weighted by Crippen LogP contribution is -2.44. The molecule has 1 heterocycles. The van der Waals surface area contributed by atoms with Crippen LogP contribution in [0.3, 0.4) is 0 Å². The Bertz CT molecular complexity index is 626. The van der Waals surface area contributed by atoms with E-state index in [9.17, 15) is 13.2 Å². The number of aromatic amines is 1. The number of H-pyrrole nitrogens is 1. The topological polar surface area (TPSA) is 79.0 Å². The van der Waals surface area contributed by atoms with E-state index in [0.29, 0.717) is 3.95 Å². The summed E-state index contributed by atoms with van der Waals surface area (Å²) in [5.74, 6) is -0.204. The molecule has 2 N–H and O–H groups in total. The van der Waals surface area contributed by atoms with E-state index in [1.54, 1.807) is 13.8 Å². The molecule has 0 atom stereocenters. The van der Waals surface area contributed by atoms with E-state index in [4.69, 9.17) is 12.2 Å². The first kappa shape index (κ1) is 16.3. The normalized spacial score (nSPS) is 12.4. The number of hydrogen-bond donors (Lipinski definition) is 2. The summed E-state index contributed by atoms with van der Waals surface area (Å²) >= 11 is 6.36. The van der Waals surface area contributed by atoms with Crippen LogP contribution in [0.1, 0.15) is 24.4 Å². The second-order valence-electron chi connectivity index (χ2n) is 5.05. The summed E-state index contributed by atoms with van der Waals surface area (Å²) in [6.45, 7) is 5.14. The fraction of sp³-hybridized carbons (Fsp3) is 0.636. The van der Waals surface area contributed by atoms with E-state index < -0.39 is 14.6 Å². The minimum absolute atomic E-state index is 0.0968. The van der Waals surface area contributed by atoms with Crippen molar-refractivity contribution in [1.29, 1.82) is 0 Å². The molecule has 19 heavy (non-hydrogen) atoms. The number of carbonyl (C=O) groups excluding carboxylic acids is 1. The highest BCUT2D eigenvalue weighted by Crippen LogP contribution is 2.16. The van der Waals surface area contributed by atoms with Crippen LogP contribution in [0.2, 0.25) is 0 Å². The van der Waals surface area contributed by atoms with Gasteiger partial charge in [-0.3, -0.25) is 4.79 Å². The highest BCUT2D eigenvalue weighted by Gasteiger charge is 2.30. The van der Waals surface area contributed by atoms with Gasteiger partial charge in [0.2, 0.25) is 5.91 Å². The van der Waals surface area contributed by atoms with Gasteiger partial charge in [0.1, 0.15) is 0 Å². The monoisotopic (exact) mass is 322 g/mol. The third-order valence-electron chi connectivity index (χ3n) is 2.96. The summed E-state index contributed by atoms with van der Waals surface area (Å²) in [6, 6.07) is 0. The second kappa shape index (κ2) is 5.72. The lowest BCUT2D eigenvalue weighted by Gasteiger charge is -2.22. The minimum atomic E-state index is -3.21. The van der Waals surface area contributed by atoms with E-state index in [1.807, 2.05) is 6.92 Å². The zero-order chi connectivity index (χ0) is 14.8. The number of hydrogen-bond acceptors (Lipinski definition) is 5. The van der Waals surface area contributed by atoms with Crippen LogP contribution in [0.4, 0.5) is 0 Å². The maximum Gasteiger partial charge on any atom is 0.225 e. The molecule has 0 saturated carbocycles. The van der Waals surface area contributed by atoms with Crippen molar-refractivity contribution in [3.05, 3.63) is 14.5 Å². The van der Waals surface area contributed by atoms with Crippen LogP contribution in [0.15, 0.2) is 0 Å². The van der Waals surface area contributed by atoms with Gasteiger partial charge in [0.05, 0.1) is 11.2 Å². The zero-order valence-electron chi connectivity index (χ0n) is 11.4. The molecule has 108 valence electrons. The fourth-order valence-corrected chi connectivity index (χ4v) is 2.88. The van der Waals surface area contributed by atoms with Gasteiger partial charge in [0.25, 0.3) is 0 Å². The molecule has 0 fully saturated rings. The molecule has 0 radical (unpaired) electrons. The molecule has 5 nitrogen and oxygen atoms in total. The van der Waals surface area contributed by atoms with E-state index in [-0.39, 0.29) is 18.9 Å². The average Bonchev–Trinajstić information content (AvgIpc) is 2.53. The zero-order valence-corrected chi connectivity index (χ0v) is 13.8. The number of sulfone groups is 1. The molecule has 0 aliphatic heterocycles. The molecule has 0 spiro atoms. The first-order valence-corrected chi connectivity index (χ1v) is 8.79.